The summed E-state index contributed by atoms with van der Waals surface area (Å²) >= 11 is 2.14. The molecule has 0 aliphatic rings. The predicted octanol–water partition coefficient (Wildman–Crippen LogP) is 2.24. The third-order valence-electron chi connectivity index (χ3n) is 2.43. The average Bonchev–Trinajstić information content (AvgIpc) is 2.34. The Labute approximate surface area is 120 Å². The van der Waals surface area contributed by atoms with Crippen molar-refractivity contribution in [3.8, 4) is 0 Å². The Morgan fingerprint density at radius 2 is 2.28 bits per heavy atom. The highest BCUT2D eigenvalue weighted by molar-refractivity contribution is 14.1. The summed E-state index contributed by atoms with van der Waals surface area (Å²) in [5.41, 5.74) is 0.744. The van der Waals surface area contributed by atoms with Crippen molar-refractivity contribution in [2.24, 2.45) is 0 Å². The van der Waals surface area contributed by atoms with Crippen molar-refractivity contribution < 1.29 is 4.79 Å². The molecular weight excluding hydrogens is 343 g/mol. The molecule has 98 valence electrons. The van der Waals surface area contributed by atoms with Crippen LogP contribution in [0.2, 0.25) is 0 Å². The van der Waals surface area contributed by atoms with E-state index in [1.165, 1.54) is 0 Å². The molecule has 0 saturated heterocycles. The van der Waals surface area contributed by atoms with Crippen molar-refractivity contribution in [2.45, 2.75) is 26.7 Å². The third-order valence-corrected chi connectivity index (χ3v) is 3.39. The van der Waals surface area contributed by atoms with Crippen molar-refractivity contribution in [3.05, 3.63) is 43.4 Å². The lowest BCUT2D eigenvalue weighted by Crippen LogP contribution is -2.30. The number of carbonyl (C=O) groups excluding carboxylic acids is 1. The number of halogens is 1. The first-order valence-electron chi connectivity index (χ1n) is 5.91. The van der Waals surface area contributed by atoms with Crippen LogP contribution in [0.5, 0.6) is 0 Å². The van der Waals surface area contributed by atoms with Crippen molar-refractivity contribution in [3.63, 3.8) is 0 Å². The zero-order chi connectivity index (χ0) is 13.5. The van der Waals surface area contributed by atoms with Gasteiger partial charge in [0.25, 0.3) is 11.5 Å². The summed E-state index contributed by atoms with van der Waals surface area (Å²) in [7, 11) is 0. The van der Waals surface area contributed by atoms with Crippen LogP contribution in [0.1, 0.15) is 36.3 Å². The zero-order valence-electron chi connectivity index (χ0n) is 10.5. The molecule has 5 heteroatoms. The summed E-state index contributed by atoms with van der Waals surface area (Å²) in [4.78, 5) is 26.4. The molecule has 0 radical (unpaired) electrons. The van der Waals surface area contributed by atoms with Crippen molar-refractivity contribution >= 4 is 28.5 Å². The average molecular weight is 360 g/mol. The Morgan fingerprint density at radius 3 is 2.89 bits per heavy atom. The Kier molecular flexibility index (Phi) is 6.11. The predicted molar refractivity (Wildman–Crippen MR) is 80.9 cm³/mol. The summed E-state index contributed by atoms with van der Waals surface area (Å²) in [6, 6.07) is 1.65. The zero-order valence-corrected chi connectivity index (χ0v) is 12.7. The minimum atomic E-state index is -0.338. The number of hydrogen-bond donors (Lipinski definition) is 2. The molecule has 2 N–H and O–H groups in total. The molecule has 1 heterocycles. The van der Waals surface area contributed by atoms with Crippen LogP contribution in [0.15, 0.2) is 23.0 Å². The summed E-state index contributed by atoms with van der Waals surface area (Å²) < 4.78 is 0.922. The minimum Gasteiger partial charge on any atom is -0.348 e. The van der Waals surface area contributed by atoms with E-state index < -0.39 is 0 Å². The summed E-state index contributed by atoms with van der Waals surface area (Å²) in [6.07, 6.45) is 5.44. The number of hydrogen-bond acceptors (Lipinski definition) is 2. The fourth-order valence-electron chi connectivity index (χ4n) is 1.51. The third kappa shape index (κ3) is 3.97. The van der Waals surface area contributed by atoms with Gasteiger partial charge in [0.2, 0.25) is 0 Å². The normalized spacial score (nSPS) is 10.8. The number of rotatable bonds is 5. The molecule has 0 unspecified atom stereocenters. The second-order valence-corrected chi connectivity index (χ2v) is 5.03. The van der Waals surface area contributed by atoms with Gasteiger partial charge in [0, 0.05) is 15.8 Å². The van der Waals surface area contributed by atoms with Gasteiger partial charge in [0.05, 0.1) is 0 Å². The first-order valence-corrected chi connectivity index (χ1v) is 6.99. The second-order valence-electron chi connectivity index (χ2n) is 3.87. The van der Waals surface area contributed by atoms with Gasteiger partial charge >= 0.3 is 0 Å². The Balaban J connectivity index is 2.93. The topological polar surface area (TPSA) is 62.0 Å². The van der Waals surface area contributed by atoms with Crippen LogP contribution in [0.4, 0.5) is 0 Å². The fourth-order valence-corrected chi connectivity index (χ4v) is 2.22. The molecule has 0 bridgehead atoms. The standard InChI is InChI=1S/C13H17IN2O2/c1-3-5-7-15-12(17)9-8-10(14)11(6-4-2)16-13(9)18/h3,5,8H,4,6-7H2,1-2H3,(H,15,17)(H,16,18)/b5-3+. The van der Waals surface area contributed by atoms with Gasteiger partial charge in [-0.05, 0) is 42.0 Å². The lowest BCUT2D eigenvalue weighted by atomic mass is 10.2. The molecule has 1 rings (SSSR count). The molecule has 0 aliphatic heterocycles. The first-order chi connectivity index (χ1) is 8.60. The summed E-state index contributed by atoms with van der Waals surface area (Å²) in [5.74, 6) is -0.338. The van der Waals surface area contributed by atoms with Crippen molar-refractivity contribution in [2.75, 3.05) is 6.54 Å². The maximum atomic E-state index is 11.8. The van der Waals surface area contributed by atoms with Crippen LogP contribution in [-0.4, -0.2) is 17.4 Å². The number of aromatic nitrogens is 1. The maximum Gasteiger partial charge on any atom is 0.261 e. The molecule has 4 nitrogen and oxygen atoms in total. The highest BCUT2D eigenvalue weighted by Crippen LogP contribution is 2.11. The highest BCUT2D eigenvalue weighted by Gasteiger charge is 2.12. The SMILES string of the molecule is C/C=C/CNC(=O)c1cc(I)c(CCC)[nH]c1=O. The smallest absolute Gasteiger partial charge is 0.261 e. The Morgan fingerprint density at radius 1 is 1.56 bits per heavy atom. The van der Waals surface area contributed by atoms with E-state index in [9.17, 15) is 9.59 Å². The van der Waals surface area contributed by atoms with Gasteiger partial charge in [0.15, 0.2) is 0 Å². The van der Waals surface area contributed by atoms with Gasteiger partial charge in [-0.1, -0.05) is 25.5 Å². The highest BCUT2D eigenvalue weighted by atomic mass is 127. The van der Waals surface area contributed by atoms with Gasteiger partial charge in [-0.3, -0.25) is 9.59 Å². The lowest BCUT2D eigenvalue weighted by molar-refractivity contribution is 0.0956. The van der Waals surface area contributed by atoms with Crippen LogP contribution >= 0.6 is 22.6 Å². The number of H-pyrrole nitrogens is 1. The molecule has 0 atom stereocenters. The monoisotopic (exact) mass is 360 g/mol. The van der Waals surface area contributed by atoms with E-state index in [1.54, 1.807) is 6.07 Å². The van der Waals surface area contributed by atoms with Gasteiger partial charge < -0.3 is 10.3 Å². The molecule has 0 aliphatic carbocycles. The number of pyridine rings is 1. The van der Waals surface area contributed by atoms with Crippen LogP contribution in [0, 0.1) is 3.57 Å². The minimum absolute atomic E-state index is 0.170. The molecule has 0 spiro atoms. The van der Waals surface area contributed by atoms with E-state index >= 15 is 0 Å². The number of nitrogens with one attached hydrogen (secondary N) is 2. The Bertz CT molecular complexity index is 506. The van der Waals surface area contributed by atoms with Gasteiger partial charge in [-0.2, -0.15) is 0 Å². The molecule has 1 amide bonds. The lowest BCUT2D eigenvalue weighted by Gasteiger charge is -2.06. The van der Waals surface area contributed by atoms with Crippen LogP contribution in [-0.2, 0) is 6.42 Å². The second kappa shape index (κ2) is 7.35. The first kappa shape index (κ1) is 14.9. The molecule has 0 aromatic carbocycles. The Hall–Kier alpha value is -1.11. The molecule has 0 saturated carbocycles. The van der Waals surface area contributed by atoms with Gasteiger partial charge in [-0.15, -0.1) is 0 Å². The molecule has 1 aromatic rings. The maximum absolute atomic E-state index is 11.8. The largest absolute Gasteiger partial charge is 0.348 e. The van der Waals surface area contributed by atoms with Crippen molar-refractivity contribution in [1.82, 2.24) is 10.3 Å². The van der Waals surface area contributed by atoms with Crippen LogP contribution in [0.3, 0.4) is 0 Å². The van der Waals surface area contributed by atoms with E-state index in [-0.39, 0.29) is 17.0 Å². The van der Waals surface area contributed by atoms with Crippen LogP contribution in [0.25, 0.3) is 0 Å². The number of allylic oxidation sites excluding steroid dienone is 1. The molecule has 0 fully saturated rings. The van der Waals surface area contributed by atoms with E-state index in [2.05, 4.69) is 32.9 Å². The number of carbonyl (C=O) groups is 1. The van der Waals surface area contributed by atoms with Crippen molar-refractivity contribution in [1.29, 1.82) is 0 Å². The summed E-state index contributed by atoms with van der Waals surface area (Å²) in [6.45, 7) is 4.36. The number of amides is 1. The molecule has 18 heavy (non-hydrogen) atoms. The molecule has 1 aromatic heterocycles. The quantitative estimate of drug-likeness (QED) is 0.625. The van der Waals surface area contributed by atoms with Crippen LogP contribution < -0.4 is 10.9 Å². The summed E-state index contributed by atoms with van der Waals surface area (Å²) in [5, 5.41) is 2.67. The number of aromatic amines is 1. The fraction of sp³-hybridized carbons (Fsp3) is 0.385. The van der Waals surface area contributed by atoms with Gasteiger partial charge in [-0.25, -0.2) is 0 Å². The van der Waals surface area contributed by atoms with E-state index in [0.717, 1.165) is 22.1 Å². The van der Waals surface area contributed by atoms with E-state index in [0.29, 0.717) is 6.54 Å². The van der Waals surface area contributed by atoms with E-state index in [1.807, 2.05) is 26.0 Å². The molecular formula is C13H17IN2O2. The van der Waals surface area contributed by atoms with Gasteiger partial charge in [0.1, 0.15) is 5.56 Å². The van der Waals surface area contributed by atoms with E-state index in [4.69, 9.17) is 0 Å². The number of aryl methyl sites for hydroxylation is 1.